The van der Waals surface area contributed by atoms with Gasteiger partial charge in [-0.05, 0) is 26.7 Å². The Labute approximate surface area is 132 Å². The van der Waals surface area contributed by atoms with Crippen LogP contribution in [0.5, 0.6) is 0 Å². The molecule has 0 fully saturated rings. The molecular formula is C14H30N4O4. The predicted molar refractivity (Wildman–Crippen MR) is 83.3 cm³/mol. The highest BCUT2D eigenvalue weighted by Crippen LogP contribution is 2.28. The molecule has 0 unspecified atom stereocenters. The number of nitrogens with zero attached hydrogens (tertiary/aromatic N) is 1. The molecule has 0 aromatic heterocycles. The number of esters is 1. The van der Waals surface area contributed by atoms with Crippen molar-refractivity contribution in [2.24, 2.45) is 22.8 Å². The second kappa shape index (κ2) is 16.1. The van der Waals surface area contributed by atoms with Gasteiger partial charge in [0.15, 0.2) is 0 Å². The van der Waals surface area contributed by atoms with E-state index >= 15 is 0 Å². The van der Waals surface area contributed by atoms with Gasteiger partial charge in [-0.1, -0.05) is 0 Å². The first-order chi connectivity index (χ1) is 10.7. The summed E-state index contributed by atoms with van der Waals surface area (Å²) in [5.41, 5.74) is 5.01. The molecule has 0 aliphatic heterocycles. The van der Waals surface area contributed by atoms with Crippen molar-refractivity contribution in [3.8, 4) is 6.07 Å². The highest BCUT2D eigenvalue weighted by atomic mass is 16.5. The highest BCUT2D eigenvalue weighted by molar-refractivity contribution is 5.77. The number of nitriles is 1. The lowest BCUT2D eigenvalue weighted by Crippen LogP contribution is -2.42. The van der Waals surface area contributed by atoms with E-state index in [1.165, 1.54) is 0 Å². The zero-order valence-electron chi connectivity index (χ0n) is 13.7. The van der Waals surface area contributed by atoms with Crippen molar-refractivity contribution in [1.29, 1.82) is 5.26 Å². The number of hydrogen-bond acceptors (Lipinski definition) is 8. The summed E-state index contributed by atoms with van der Waals surface area (Å²) < 4.78 is 15.8. The van der Waals surface area contributed by atoms with Crippen LogP contribution < -0.4 is 17.4 Å². The van der Waals surface area contributed by atoms with Gasteiger partial charge in [0.1, 0.15) is 6.61 Å². The molecule has 0 bridgehead atoms. The molecule has 8 nitrogen and oxygen atoms in total. The van der Waals surface area contributed by atoms with Gasteiger partial charge in [0, 0.05) is 33.0 Å². The summed E-state index contributed by atoms with van der Waals surface area (Å²) in [6.07, 6.45) is 1.18. The third-order valence-corrected chi connectivity index (χ3v) is 3.13. The second-order valence-corrected chi connectivity index (χ2v) is 4.42. The minimum atomic E-state index is -0.792. The Morgan fingerprint density at radius 2 is 1.59 bits per heavy atom. The molecule has 0 amide bonds. The maximum absolute atomic E-state index is 12.2. The normalized spacial score (nSPS) is 10.4. The lowest BCUT2D eigenvalue weighted by Gasteiger charge is -2.30. The zero-order valence-corrected chi connectivity index (χ0v) is 13.7. The van der Waals surface area contributed by atoms with Crippen LogP contribution in [-0.2, 0) is 19.0 Å². The van der Waals surface area contributed by atoms with Crippen LogP contribution in [0.25, 0.3) is 0 Å². The topological polar surface area (TPSA) is 147 Å². The fourth-order valence-electron chi connectivity index (χ4n) is 1.78. The Morgan fingerprint density at radius 1 is 1.09 bits per heavy atom. The highest BCUT2D eigenvalue weighted by Gasteiger charge is 2.38. The number of carbonyl (C=O) groups is 1. The summed E-state index contributed by atoms with van der Waals surface area (Å²) in [4.78, 5) is 12.2. The molecule has 0 aromatic rings. The van der Waals surface area contributed by atoms with Crippen LogP contribution in [-0.4, -0.2) is 45.5 Å². The van der Waals surface area contributed by atoms with Crippen LogP contribution in [0.1, 0.15) is 33.1 Å². The van der Waals surface area contributed by atoms with E-state index in [4.69, 9.17) is 25.2 Å². The van der Waals surface area contributed by atoms with E-state index < -0.39 is 5.41 Å². The van der Waals surface area contributed by atoms with Crippen molar-refractivity contribution in [3.05, 3.63) is 0 Å². The standard InChI is InChI=1S/C14H26N2O4.H4N2/c1-3-18-10-6-14(12-16,7-11-19-4-2)13(17)20-9-5-8-15;1-2/h3-7,9-12,16H2,1-2H3;1-2H2. The van der Waals surface area contributed by atoms with Crippen molar-refractivity contribution >= 4 is 5.97 Å². The molecule has 130 valence electrons. The smallest absolute Gasteiger partial charge is 0.313 e. The van der Waals surface area contributed by atoms with E-state index in [9.17, 15) is 4.79 Å². The molecule has 0 radical (unpaired) electrons. The van der Waals surface area contributed by atoms with E-state index in [1.54, 1.807) is 0 Å². The monoisotopic (exact) mass is 318 g/mol. The fourth-order valence-corrected chi connectivity index (χ4v) is 1.78. The van der Waals surface area contributed by atoms with E-state index in [1.807, 2.05) is 19.9 Å². The number of nitrogens with two attached hydrogens (primary N) is 3. The largest absolute Gasteiger partial charge is 0.464 e. The molecule has 0 aliphatic carbocycles. The number of hydrogen-bond donors (Lipinski definition) is 3. The second-order valence-electron chi connectivity index (χ2n) is 4.42. The van der Waals surface area contributed by atoms with Crippen LogP contribution in [0, 0.1) is 16.7 Å². The first-order valence-electron chi connectivity index (χ1n) is 7.40. The van der Waals surface area contributed by atoms with Crippen molar-refractivity contribution in [1.82, 2.24) is 0 Å². The molecule has 6 N–H and O–H groups in total. The SMILES string of the molecule is CCOCCC(CN)(CCOCC)C(=O)OCCC#N.NN. The predicted octanol–water partition coefficient (Wildman–Crippen LogP) is 0.0604. The minimum absolute atomic E-state index is 0.0976. The molecule has 22 heavy (non-hydrogen) atoms. The van der Waals surface area contributed by atoms with Gasteiger partial charge in [0.05, 0.1) is 17.9 Å². The summed E-state index contributed by atoms with van der Waals surface area (Å²) in [6.45, 7) is 6.16. The van der Waals surface area contributed by atoms with Gasteiger partial charge in [-0.2, -0.15) is 5.26 Å². The first-order valence-corrected chi connectivity index (χ1v) is 7.40. The fraction of sp³-hybridized carbons (Fsp3) is 0.857. The average Bonchev–Trinajstić information content (AvgIpc) is 2.55. The van der Waals surface area contributed by atoms with Gasteiger partial charge in [-0.25, -0.2) is 0 Å². The third kappa shape index (κ3) is 9.65. The zero-order chi connectivity index (χ0) is 17.3. The molecule has 0 saturated carbocycles. The summed E-state index contributed by atoms with van der Waals surface area (Å²) in [5.74, 6) is 7.63. The Hall–Kier alpha value is -1.24. The van der Waals surface area contributed by atoms with Crippen molar-refractivity contribution in [2.45, 2.75) is 33.1 Å². The Balaban J connectivity index is 0. The maximum Gasteiger partial charge on any atom is 0.313 e. The van der Waals surface area contributed by atoms with E-state index in [0.29, 0.717) is 39.3 Å². The summed E-state index contributed by atoms with van der Waals surface area (Å²) in [6, 6.07) is 1.94. The molecule has 0 heterocycles. The molecule has 0 saturated heterocycles. The number of carbonyl (C=O) groups excluding carboxylic acids is 1. The maximum atomic E-state index is 12.2. The Bertz CT molecular complexity index is 298. The molecule has 0 atom stereocenters. The average molecular weight is 318 g/mol. The van der Waals surface area contributed by atoms with Crippen molar-refractivity contribution < 1.29 is 19.0 Å². The first kappa shape index (κ1) is 23.0. The van der Waals surface area contributed by atoms with Crippen LogP contribution >= 0.6 is 0 Å². The van der Waals surface area contributed by atoms with Crippen molar-refractivity contribution in [2.75, 3.05) is 39.6 Å². The summed E-state index contributed by atoms with van der Waals surface area (Å²) >= 11 is 0. The van der Waals surface area contributed by atoms with Gasteiger partial charge in [0.2, 0.25) is 0 Å². The van der Waals surface area contributed by atoms with Gasteiger partial charge in [-0.15, -0.1) is 0 Å². The van der Waals surface area contributed by atoms with Crippen molar-refractivity contribution in [3.63, 3.8) is 0 Å². The van der Waals surface area contributed by atoms with Crippen LogP contribution in [0.15, 0.2) is 0 Å². The minimum Gasteiger partial charge on any atom is -0.464 e. The van der Waals surface area contributed by atoms with Crippen LogP contribution in [0.3, 0.4) is 0 Å². The number of hydrazine groups is 1. The summed E-state index contributed by atoms with van der Waals surface area (Å²) in [5, 5.41) is 8.48. The molecule has 0 aliphatic rings. The third-order valence-electron chi connectivity index (χ3n) is 3.13. The lowest BCUT2D eigenvalue weighted by molar-refractivity contribution is -0.158. The Morgan fingerprint density at radius 3 is 1.95 bits per heavy atom. The van der Waals surface area contributed by atoms with Crippen LogP contribution in [0.4, 0.5) is 0 Å². The van der Waals surface area contributed by atoms with E-state index in [2.05, 4.69) is 11.7 Å². The molecule has 0 rings (SSSR count). The molecule has 8 heteroatoms. The quantitative estimate of drug-likeness (QED) is 0.198. The lowest BCUT2D eigenvalue weighted by atomic mass is 9.81. The van der Waals surface area contributed by atoms with Crippen LogP contribution in [0.2, 0.25) is 0 Å². The van der Waals surface area contributed by atoms with Gasteiger partial charge in [0.25, 0.3) is 0 Å². The number of ether oxygens (including phenoxy) is 3. The van der Waals surface area contributed by atoms with E-state index in [0.717, 1.165) is 0 Å². The van der Waals surface area contributed by atoms with Gasteiger partial charge < -0.3 is 19.9 Å². The summed E-state index contributed by atoms with van der Waals surface area (Å²) in [7, 11) is 0. The Kier molecular flexibility index (Phi) is 16.9. The van der Waals surface area contributed by atoms with E-state index in [-0.39, 0.29) is 25.5 Å². The molecular weight excluding hydrogens is 288 g/mol. The molecule has 0 aromatic carbocycles. The molecule has 0 spiro atoms. The van der Waals surface area contributed by atoms with Gasteiger partial charge >= 0.3 is 5.97 Å². The number of rotatable bonds is 12. The van der Waals surface area contributed by atoms with Gasteiger partial charge in [-0.3, -0.25) is 16.5 Å².